The van der Waals surface area contributed by atoms with E-state index in [-0.39, 0.29) is 0 Å². The quantitative estimate of drug-likeness (QED) is 0.580. The van der Waals surface area contributed by atoms with Crippen molar-refractivity contribution in [1.82, 2.24) is 0 Å². The molecule has 1 aromatic rings. The third kappa shape index (κ3) is 4.16. The Bertz CT molecular complexity index is 316. The van der Waals surface area contributed by atoms with Crippen LogP contribution in [0.1, 0.15) is 18.9 Å². The lowest BCUT2D eigenvalue weighted by atomic mass is 10.1. The third-order valence-electron chi connectivity index (χ3n) is 2.76. The zero-order valence-electron chi connectivity index (χ0n) is 10.1. The van der Waals surface area contributed by atoms with Crippen LogP contribution in [-0.2, 0) is 15.3 Å². The smallest absolute Gasteiger partial charge is 0.323 e. The molecule has 0 saturated heterocycles. The monoisotopic (exact) mass is 350 g/mol. The van der Waals surface area contributed by atoms with Crippen molar-refractivity contribution in [3.05, 3.63) is 33.4 Å². The fourth-order valence-corrected chi connectivity index (χ4v) is 4.00. The van der Waals surface area contributed by atoms with Gasteiger partial charge in [0.1, 0.15) is 0 Å². The summed E-state index contributed by atoms with van der Waals surface area (Å²) in [7, 11) is 2.06. The van der Waals surface area contributed by atoms with Crippen LogP contribution in [0.4, 0.5) is 0 Å². The summed E-state index contributed by atoms with van der Waals surface area (Å²) in [5, 5.41) is 0. The molecule has 0 radical (unpaired) electrons. The number of benzene rings is 1. The van der Waals surface area contributed by atoms with Crippen molar-refractivity contribution in [2.45, 2.75) is 25.3 Å². The highest BCUT2D eigenvalue weighted by atomic mass is 127. The maximum absolute atomic E-state index is 5.39. The molecule has 0 fully saturated rings. The van der Waals surface area contributed by atoms with Crippen molar-refractivity contribution >= 4 is 31.9 Å². The highest BCUT2D eigenvalue weighted by Crippen LogP contribution is 2.21. The first-order valence-corrected chi connectivity index (χ1v) is 8.16. The van der Waals surface area contributed by atoms with E-state index in [0.717, 1.165) is 12.8 Å². The molecule has 0 saturated carbocycles. The Hall–Kier alpha value is 0.0869. The minimum absolute atomic E-state index is 0.547. The minimum atomic E-state index is -1.45. The molecule has 16 heavy (non-hydrogen) atoms. The first-order valence-electron chi connectivity index (χ1n) is 5.48. The molecule has 0 spiro atoms. The summed E-state index contributed by atoms with van der Waals surface area (Å²) in [6.07, 6.45) is 2.25. The zero-order chi connectivity index (χ0) is 12.0. The SMILES string of the molecule is CO[SiH](OC)C(C)CCc1ccccc1I. The second-order valence-electron chi connectivity index (χ2n) is 3.95. The molecule has 0 amide bonds. The summed E-state index contributed by atoms with van der Waals surface area (Å²) in [4.78, 5) is 0. The van der Waals surface area contributed by atoms with E-state index in [2.05, 4.69) is 53.8 Å². The van der Waals surface area contributed by atoms with Crippen molar-refractivity contribution in [3.63, 3.8) is 0 Å². The Balaban J connectivity index is 2.48. The molecule has 1 atom stereocenters. The summed E-state index contributed by atoms with van der Waals surface area (Å²) in [6.45, 7) is 2.22. The molecule has 0 heterocycles. The summed E-state index contributed by atoms with van der Waals surface area (Å²) in [5.41, 5.74) is 1.97. The van der Waals surface area contributed by atoms with Crippen molar-refractivity contribution in [2.75, 3.05) is 14.2 Å². The average molecular weight is 350 g/mol. The Kier molecular flexibility index (Phi) is 6.56. The lowest BCUT2D eigenvalue weighted by Gasteiger charge is -2.18. The van der Waals surface area contributed by atoms with E-state index in [1.165, 1.54) is 9.13 Å². The topological polar surface area (TPSA) is 18.5 Å². The van der Waals surface area contributed by atoms with Gasteiger partial charge >= 0.3 is 9.28 Å². The van der Waals surface area contributed by atoms with E-state index < -0.39 is 9.28 Å². The molecule has 90 valence electrons. The molecule has 1 rings (SSSR count). The molecule has 2 nitrogen and oxygen atoms in total. The Morgan fingerprint density at radius 3 is 2.44 bits per heavy atom. The lowest BCUT2D eigenvalue weighted by molar-refractivity contribution is 0.265. The average Bonchev–Trinajstić information content (AvgIpc) is 2.29. The van der Waals surface area contributed by atoms with Crippen molar-refractivity contribution in [3.8, 4) is 0 Å². The first kappa shape index (κ1) is 14.1. The number of hydrogen-bond donors (Lipinski definition) is 0. The van der Waals surface area contributed by atoms with Crippen molar-refractivity contribution < 1.29 is 8.85 Å². The van der Waals surface area contributed by atoms with E-state index in [4.69, 9.17) is 8.85 Å². The molecule has 0 bridgehead atoms. The molecule has 0 aliphatic heterocycles. The van der Waals surface area contributed by atoms with Crippen molar-refractivity contribution in [2.24, 2.45) is 0 Å². The van der Waals surface area contributed by atoms with Gasteiger partial charge in [-0.3, -0.25) is 0 Å². The van der Waals surface area contributed by atoms with Crippen LogP contribution in [0.15, 0.2) is 24.3 Å². The van der Waals surface area contributed by atoms with E-state index in [1.54, 1.807) is 14.2 Å². The van der Waals surface area contributed by atoms with E-state index >= 15 is 0 Å². The number of aryl methyl sites for hydroxylation is 1. The molecule has 0 aromatic heterocycles. The van der Waals surface area contributed by atoms with E-state index in [0.29, 0.717) is 5.54 Å². The predicted octanol–water partition coefficient (Wildman–Crippen LogP) is 3.13. The maximum Gasteiger partial charge on any atom is 0.323 e. The van der Waals surface area contributed by atoms with Gasteiger partial charge in [-0.15, -0.1) is 0 Å². The lowest BCUT2D eigenvalue weighted by Crippen LogP contribution is -2.24. The van der Waals surface area contributed by atoms with Crippen LogP contribution in [0, 0.1) is 3.57 Å². The van der Waals surface area contributed by atoms with Crippen LogP contribution < -0.4 is 0 Å². The van der Waals surface area contributed by atoms with Gasteiger partial charge < -0.3 is 8.85 Å². The van der Waals surface area contributed by atoms with E-state index in [9.17, 15) is 0 Å². The fraction of sp³-hybridized carbons (Fsp3) is 0.500. The van der Waals surface area contributed by atoms with E-state index in [1.807, 2.05) is 0 Å². The summed E-state index contributed by atoms with van der Waals surface area (Å²) in [6, 6.07) is 8.53. The predicted molar refractivity (Wildman–Crippen MR) is 78.1 cm³/mol. The van der Waals surface area contributed by atoms with Gasteiger partial charge in [0.15, 0.2) is 0 Å². The summed E-state index contributed by atoms with van der Waals surface area (Å²) in [5.74, 6) is 0. The van der Waals surface area contributed by atoms with Gasteiger partial charge in [0.2, 0.25) is 0 Å². The molecule has 0 aliphatic carbocycles. The molecule has 0 N–H and O–H groups in total. The normalized spacial score (nSPS) is 13.1. The van der Waals surface area contributed by atoms with Crippen LogP contribution in [0.2, 0.25) is 5.54 Å². The zero-order valence-corrected chi connectivity index (χ0v) is 13.4. The number of rotatable bonds is 6. The van der Waals surface area contributed by atoms with Gasteiger partial charge in [0.05, 0.1) is 0 Å². The molecular weight excluding hydrogens is 331 g/mol. The van der Waals surface area contributed by atoms with Gasteiger partial charge in [-0.1, -0.05) is 25.1 Å². The molecule has 0 aliphatic rings. The molecule has 1 unspecified atom stereocenters. The summed E-state index contributed by atoms with van der Waals surface area (Å²) < 4.78 is 12.1. The van der Waals surface area contributed by atoms with Gasteiger partial charge in [-0.25, -0.2) is 0 Å². The van der Waals surface area contributed by atoms with Gasteiger partial charge in [0, 0.05) is 17.8 Å². The van der Waals surface area contributed by atoms with Gasteiger partial charge in [-0.2, -0.15) is 0 Å². The van der Waals surface area contributed by atoms with Crippen LogP contribution in [0.5, 0.6) is 0 Å². The van der Waals surface area contributed by atoms with Crippen molar-refractivity contribution in [1.29, 1.82) is 0 Å². The number of hydrogen-bond acceptors (Lipinski definition) is 2. The van der Waals surface area contributed by atoms with Crippen LogP contribution in [0.25, 0.3) is 0 Å². The maximum atomic E-state index is 5.39. The van der Waals surface area contributed by atoms with Gasteiger partial charge in [-0.05, 0) is 52.6 Å². The number of halogens is 1. The Labute approximate surface area is 113 Å². The Morgan fingerprint density at radius 2 is 1.88 bits per heavy atom. The first-order chi connectivity index (χ1) is 7.69. The second-order valence-corrected chi connectivity index (χ2v) is 7.93. The highest BCUT2D eigenvalue weighted by molar-refractivity contribution is 14.1. The van der Waals surface area contributed by atoms with Gasteiger partial charge in [0.25, 0.3) is 0 Å². The fourth-order valence-electron chi connectivity index (χ4n) is 1.78. The third-order valence-corrected chi connectivity index (χ3v) is 6.00. The minimum Gasteiger partial charge on any atom is -0.400 e. The molecule has 4 heteroatoms. The summed E-state index contributed by atoms with van der Waals surface area (Å²) >= 11 is 2.39. The van der Waals surface area contributed by atoms with Crippen LogP contribution >= 0.6 is 22.6 Å². The largest absolute Gasteiger partial charge is 0.400 e. The second kappa shape index (κ2) is 7.42. The standard InChI is InChI=1S/C12H19IO2Si/c1-10(16(14-2)15-3)8-9-11-6-4-5-7-12(11)13/h4-7,10,16H,8-9H2,1-3H3. The van der Waals surface area contributed by atoms with Crippen LogP contribution in [-0.4, -0.2) is 23.5 Å². The highest BCUT2D eigenvalue weighted by Gasteiger charge is 2.19. The van der Waals surface area contributed by atoms with Crippen LogP contribution in [0.3, 0.4) is 0 Å². The Morgan fingerprint density at radius 1 is 1.25 bits per heavy atom. The molecular formula is C12H19IO2Si. The molecule has 1 aromatic carbocycles.